The number of ether oxygens (including phenoxy) is 2. The Labute approximate surface area is 168 Å². The first-order valence-electron chi connectivity index (χ1n) is 9.55. The maximum Gasteiger partial charge on any atom is 0.175 e. The first kappa shape index (κ1) is 16.1. The van der Waals surface area contributed by atoms with Crippen LogP contribution >= 0.6 is 35.0 Å². The van der Waals surface area contributed by atoms with E-state index in [4.69, 9.17) is 9.47 Å². The summed E-state index contributed by atoms with van der Waals surface area (Å²) in [6, 6.07) is 9.67. The second-order valence-corrected chi connectivity index (χ2v) is 10.1. The van der Waals surface area contributed by atoms with Gasteiger partial charge in [-0.1, -0.05) is 12.1 Å². The van der Waals surface area contributed by atoms with Gasteiger partial charge >= 0.3 is 0 Å². The van der Waals surface area contributed by atoms with E-state index in [2.05, 4.69) is 52.2 Å². The van der Waals surface area contributed by atoms with Gasteiger partial charge in [0.1, 0.15) is 0 Å². The average Bonchev–Trinajstić information content (AvgIpc) is 3.25. The molecule has 2 bridgehead atoms. The van der Waals surface area contributed by atoms with Crippen molar-refractivity contribution in [3.8, 4) is 0 Å². The van der Waals surface area contributed by atoms with E-state index in [1.54, 1.807) is 0 Å². The number of hydrogen-bond donors (Lipinski definition) is 1. The first-order valence-corrected chi connectivity index (χ1v) is 10.6. The lowest BCUT2D eigenvalue weighted by atomic mass is 9.57. The van der Waals surface area contributed by atoms with Gasteiger partial charge in [0.2, 0.25) is 0 Å². The third-order valence-corrected chi connectivity index (χ3v) is 9.29. The van der Waals surface area contributed by atoms with Crippen molar-refractivity contribution in [1.29, 1.82) is 0 Å². The van der Waals surface area contributed by atoms with Crippen LogP contribution in [0.15, 0.2) is 24.3 Å². The number of fused-ring (bicyclic) bond motifs is 4. The predicted octanol–water partition coefficient (Wildman–Crippen LogP) is 3.30. The molecule has 3 nitrogen and oxygen atoms in total. The fourth-order valence-electron chi connectivity index (χ4n) is 8.42. The highest BCUT2D eigenvalue weighted by Crippen LogP contribution is 2.86. The molecule has 1 heterocycles. The van der Waals surface area contributed by atoms with Gasteiger partial charge in [0.25, 0.3) is 0 Å². The minimum atomic E-state index is -0.159. The van der Waals surface area contributed by atoms with Gasteiger partial charge in [-0.3, -0.25) is 0 Å². The van der Waals surface area contributed by atoms with Crippen LogP contribution < -0.4 is 5.32 Å². The molecule has 1 aromatic carbocycles. The van der Waals surface area contributed by atoms with Crippen molar-refractivity contribution in [1.82, 2.24) is 5.32 Å². The maximum atomic E-state index is 6.34. The molecule has 0 aromatic heterocycles. The molecule has 134 valence electrons. The molecule has 5 aliphatic carbocycles. The monoisotopic (exact) mass is 471 g/mol. The standard InChI is InChI=1S/C20H22INO2.ClH/c21-10-3-1-9(2-4-10)8-22-19-15-11-7-12-14-13(11)16(19)18(14)20(17(12)15)23-5-6-24-20;/h1-4,11-19,22H,5-8H2;1H. The molecule has 1 aliphatic heterocycles. The van der Waals surface area contributed by atoms with Crippen molar-refractivity contribution in [3.63, 3.8) is 0 Å². The van der Waals surface area contributed by atoms with Gasteiger partial charge < -0.3 is 14.8 Å². The summed E-state index contributed by atoms with van der Waals surface area (Å²) in [6.45, 7) is 2.65. The summed E-state index contributed by atoms with van der Waals surface area (Å²) in [5.74, 6) is 6.64. The molecule has 1 N–H and O–H groups in total. The topological polar surface area (TPSA) is 30.5 Å². The smallest absolute Gasteiger partial charge is 0.175 e. The van der Waals surface area contributed by atoms with E-state index in [1.807, 2.05) is 0 Å². The zero-order valence-electron chi connectivity index (χ0n) is 13.9. The molecule has 9 unspecified atom stereocenters. The van der Waals surface area contributed by atoms with Crippen LogP contribution in [0.4, 0.5) is 0 Å². The Morgan fingerprint density at radius 2 is 1.72 bits per heavy atom. The fraction of sp³-hybridized carbons (Fsp3) is 0.700. The van der Waals surface area contributed by atoms with Gasteiger partial charge in [-0.25, -0.2) is 0 Å². The van der Waals surface area contributed by atoms with E-state index in [-0.39, 0.29) is 18.2 Å². The SMILES string of the molecule is Cl.Ic1ccc(CNC2C3C4CC5C6C4C2C6C2(OCCO2)C53)cc1. The molecule has 1 saturated heterocycles. The van der Waals surface area contributed by atoms with Crippen molar-refractivity contribution in [2.24, 2.45) is 47.3 Å². The summed E-state index contributed by atoms with van der Waals surface area (Å²) in [4.78, 5) is 0. The Bertz CT molecular complexity index is 721. The molecule has 6 fully saturated rings. The van der Waals surface area contributed by atoms with Gasteiger partial charge in [-0.15, -0.1) is 12.4 Å². The number of hydrogen-bond acceptors (Lipinski definition) is 3. The summed E-state index contributed by atoms with van der Waals surface area (Å²) >= 11 is 2.38. The Morgan fingerprint density at radius 3 is 2.48 bits per heavy atom. The lowest BCUT2D eigenvalue weighted by Gasteiger charge is -2.54. The summed E-state index contributed by atoms with van der Waals surface area (Å²) in [5, 5.41) is 3.99. The summed E-state index contributed by atoms with van der Waals surface area (Å²) in [6.07, 6.45) is 1.47. The molecule has 7 rings (SSSR count). The fourth-order valence-corrected chi connectivity index (χ4v) is 8.78. The van der Waals surface area contributed by atoms with Crippen molar-refractivity contribution < 1.29 is 9.47 Å². The highest BCUT2D eigenvalue weighted by molar-refractivity contribution is 14.1. The maximum absolute atomic E-state index is 6.34. The average molecular weight is 472 g/mol. The molecule has 5 saturated carbocycles. The van der Waals surface area contributed by atoms with Crippen molar-refractivity contribution in [2.75, 3.05) is 13.2 Å². The predicted molar refractivity (Wildman–Crippen MR) is 104 cm³/mol. The highest BCUT2D eigenvalue weighted by Gasteiger charge is 2.88. The van der Waals surface area contributed by atoms with E-state index in [0.717, 1.165) is 55.3 Å². The molecule has 5 heteroatoms. The third kappa shape index (κ3) is 1.67. The van der Waals surface area contributed by atoms with E-state index in [0.29, 0.717) is 17.9 Å². The Kier molecular flexibility index (Phi) is 3.31. The molecule has 1 spiro atoms. The molecule has 9 atom stereocenters. The summed E-state index contributed by atoms with van der Waals surface area (Å²) in [7, 11) is 0. The molecular formula is C20H23ClINO2. The van der Waals surface area contributed by atoms with E-state index >= 15 is 0 Å². The summed E-state index contributed by atoms with van der Waals surface area (Å²) < 4.78 is 14.0. The second kappa shape index (κ2) is 5.13. The number of nitrogens with one attached hydrogen (secondary N) is 1. The van der Waals surface area contributed by atoms with Crippen molar-refractivity contribution >= 4 is 35.0 Å². The normalized spacial score (nSPS) is 51.3. The zero-order chi connectivity index (χ0) is 15.6. The number of halogens is 2. The Hall–Kier alpha value is 0.120. The van der Waals surface area contributed by atoms with Crippen molar-refractivity contribution in [2.45, 2.75) is 24.8 Å². The summed E-state index contributed by atoms with van der Waals surface area (Å²) in [5.41, 5.74) is 1.41. The minimum absolute atomic E-state index is 0. The minimum Gasteiger partial charge on any atom is -0.347 e. The highest BCUT2D eigenvalue weighted by atomic mass is 127. The molecule has 6 aliphatic rings. The van der Waals surface area contributed by atoms with Crippen LogP contribution in [0, 0.1) is 50.9 Å². The van der Waals surface area contributed by atoms with Crippen LogP contribution in [0.5, 0.6) is 0 Å². The van der Waals surface area contributed by atoms with Gasteiger partial charge in [-0.05, 0) is 82.2 Å². The van der Waals surface area contributed by atoms with Crippen LogP contribution in [0.3, 0.4) is 0 Å². The van der Waals surface area contributed by atoms with Gasteiger partial charge in [0, 0.05) is 28.0 Å². The second-order valence-electron chi connectivity index (χ2n) is 8.88. The lowest BCUT2D eigenvalue weighted by molar-refractivity contribution is -0.264. The van der Waals surface area contributed by atoms with E-state index in [1.165, 1.54) is 15.6 Å². The largest absolute Gasteiger partial charge is 0.347 e. The Morgan fingerprint density at radius 1 is 0.960 bits per heavy atom. The molecular weight excluding hydrogens is 449 g/mol. The molecule has 25 heavy (non-hydrogen) atoms. The zero-order valence-corrected chi connectivity index (χ0v) is 16.9. The van der Waals surface area contributed by atoms with E-state index < -0.39 is 0 Å². The molecule has 0 radical (unpaired) electrons. The molecule has 0 amide bonds. The quantitative estimate of drug-likeness (QED) is 0.686. The third-order valence-electron chi connectivity index (χ3n) is 8.57. The van der Waals surface area contributed by atoms with Crippen LogP contribution in [-0.4, -0.2) is 25.0 Å². The lowest BCUT2D eigenvalue weighted by Crippen LogP contribution is -2.62. The van der Waals surface area contributed by atoms with Crippen LogP contribution in [0.25, 0.3) is 0 Å². The Balaban J connectivity index is 0.00000129. The van der Waals surface area contributed by atoms with Gasteiger partial charge in [0.05, 0.1) is 13.2 Å². The number of benzene rings is 1. The van der Waals surface area contributed by atoms with Gasteiger partial charge in [-0.2, -0.15) is 0 Å². The van der Waals surface area contributed by atoms with Crippen LogP contribution in [0.2, 0.25) is 0 Å². The van der Waals surface area contributed by atoms with E-state index in [9.17, 15) is 0 Å². The molecule has 1 aromatic rings. The van der Waals surface area contributed by atoms with Crippen LogP contribution in [-0.2, 0) is 16.0 Å². The number of rotatable bonds is 3. The van der Waals surface area contributed by atoms with Gasteiger partial charge in [0.15, 0.2) is 5.79 Å². The first-order chi connectivity index (χ1) is 11.8. The van der Waals surface area contributed by atoms with Crippen molar-refractivity contribution in [3.05, 3.63) is 33.4 Å². The van der Waals surface area contributed by atoms with Crippen LogP contribution in [0.1, 0.15) is 12.0 Å².